The lowest BCUT2D eigenvalue weighted by Gasteiger charge is -2.23. The number of likely N-dealkylation sites (N-methyl/N-ethyl adjacent to an activating group) is 1. The van der Waals surface area contributed by atoms with Crippen molar-refractivity contribution in [3.05, 3.63) is 40.9 Å². The molecular weight excluding hydrogens is 336 g/mol. The van der Waals surface area contributed by atoms with Crippen molar-refractivity contribution in [3.63, 3.8) is 0 Å². The van der Waals surface area contributed by atoms with E-state index in [9.17, 15) is 9.90 Å². The van der Waals surface area contributed by atoms with Crippen LogP contribution in [-0.4, -0.2) is 43.1 Å². The number of rotatable bonds is 4. The largest absolute Gasteiger partial charge is 0.508 e. The van der Waals surface area contributed by atoms with Crippen LogP contribution >= 0.6 is 11.5 Å². The standard InChI is InChI=1S/C18H20N4O2S/c1-2-21-9-3-4-13(21)10-22-11-19-16-15(20-25-17(16)18(22)24)12-5-7-14(23)8-6-12/h5-8,11,13,23H,2-4,9-10H2,1H3. The molecule has 1 unspecified atom stereocenters. The van der Waals surface area contributed by atoms with Gasteiger partial charge in [0.1, 0.15) is 21.7 Å². The second-order valence-corrected chi connectivity index (χ2v) is 7.16. The molecule has 130 valence electrons. The molecule has 0 aliphatic carbocycles. The van der Waals surface area contributed by atoms with Crippen molar-refractivity contribution < 1.29 is 5.11 Å². The molecule has 25 heavy (non-hydrogen) atoms. The lowest BCUT2D eigenvalue weighted by molar-refractivity contribution is 0.242. The summed E-state index contributed by atoms with van der Waals surface area (Å²) in [6.07, 6.45) is 3.96. The van der Waals surface area contributed by atoms with E-state index in [-0.39, 0.29) is 11.3 Å². The molecule has 0 bridgehead atoms. The quantitative estimate of drug-likeness (QED) is 0.778. The van der Waals surface area contributed by atoms with E-state index in [1.807, 2.05) is 0 Å². The Balaban J connectivity index is 1.70. The lowest BCUT2D eigenvalue weighted by Crippen LogP contribution is -2.35. The van der Waals surface area contributed by atoms with Crippen LogP contribution in [0.1, 0.15) is 19.8 Å². The number of hydrogen-bond acceptors (Lipinski definition) is 6. The molecule has 1 fully saturated rings. The molecule has 1 atom stereocenters. The average Bonchev–Trinajstić information content (AvgIpc) is 3.25. The van der Waals surface area contributed by atoms with Gasteiger partial charge in [0.15, 0.2) is 0 Å². The summed E-state index contributed by atoms with van der Waals surface area (Å²) in [4.78, 5) is 19.8. The van der Waals surface area contributed by atoms with Crippen LogP contribution in [0.5, 0.6) is 5.75 Å². The van der Waals surface area contributed by atoms with Crippen molar-refractivity contribution in [2.75, 3.05) is 13.1 Å². The van der Waals surface area contributed by atoms with Gasteiger partial charge in [0.25, 0.3) is 5.56 Å². The van der Waals surface area contributed by atoms with Crippen molar-refractivity contribution in [3.8, 4) is 17.0 Å². The zero-order chi connectivity index (χ0) is 17.4. The van der Waals surface area contributed by atoms with Gasteiger partial charge in [-0.05, 0) is 61.7 Å². The van der Waals surface area contributed by atoms with E-state index < -0.39 is 0 Å². The van der Waals surface area contributed by atoms with E-state index >= 15 is 0 Å². The minimum absolute atomic E-state index is 0.0181. The Morgan fingerprint density at radius 1 is 1.32 bits per heavy atom. The number of likely N-dealkylation sites (tertiary alicyclic amines) is 1. The summed E-state index contributed by atoms with van der Waals surface area (Å²) in [6.45, 7) is 4.97. The molecule has 1 N–H and O–H groups in total. The second kappa shape index (κ2) is 6.57. The van der Waals surface area contributed by atoms with E-state index in [4.69, 9.17) is 0 Å². The smallest absolute Gasteiger partial charge is 0.272 e. The third-order valence-electron chi connectivity index (χ3n) is 4.90. The molecule has 3 aromatic rings. The summed E-state index contributed by atoms with van der Waals surface area (Å²) in [5.74, 6) is 0.204. The lowest BCUT2D eigenvalue weighted by atomic mass is 10.1. The van der Waals surface area contributed by atoms with Crippen LogP contribution in [-0.2, 0) is 6.54 Å². The van der Waals surface area contributed by atoms with E-state index in [2.05, 4.69) is 21.2 Å². The number of aromatic hydroxyl groups is 1. The van der Waals surface area contributed by atoms with Crippen LogP contribution in [0.2, 0.25) is 0 Å². The first kappa shape index (κ1) is 16.2. The van der Waals surface area contributed by atoms with E-state index in [0.29, 0.717) is 28.5 Å². The molecule has 1 saturated heterocycles. The fraction of sp³-hybridized carbons (Fsp3) is 0.389. The molecule has 0 radical (unpaired) electrons. The summed E-state index contributed by atoms with van der Waals surface area (Å²) < 4.78 is 6.75. The van der Waals surface area contributed by atoms with Crippen molar-refractivity contribution in [1.29, 1.82) is 0 Å². The third-order valence-corrected chi connectivity index (χ3v) is 5.73. The van der Waals surface area contributed by atoms with Crippen LogP contribution in [0.3, 0.4) is 0 Å². The van der Waals surface area contributed by atoms with Gasteiger partial charge in [-0.25, -0.2) is 4.98 Å². The highest BCUT2D eigenvalue weighted by Crippen LogP contribution is 2.28. The summed E-state index contributed by atoms with van der Waals surface area (Å²) in [5.41, 5.74) is 2.16. The second-order valence-electron chi connectivity index (χ2n) is 6.38. The fourth-order valence-corrected chi connectivity index (χ4v) is 4.35. The monoisotopic (exact) mass is 356 g/mol. The zero-order valence-corrected chi connectivity index (χ0v) is 14.9. The highest BCUT2D eigenvalue weighted by Gasteiger charge is 2.24. The first-order valence-corrected chi connectivity index (χ1v) is 9.33. The predicted molar refractivity (Wildman–Crippen MR) is 99.0 cm³/mol. The number of nitrogens with zero attached hydrogens (tertiary/aromatic N) is 4. The highest BCUT2D eigenvalue weighted by atomic mass is 32.1. The van der Waals surface area contributed by atoms with Crippen molar-refractivity contribution in [2.24, 2.45) is 0 Å². The normalized spacial score (nSPS) is 18.2. The van der Waals surface area contributed by atoms with Crippen LogP contribution in [0.15, 0.2) is 35.4 Å². The first-order chi connectivity index (χ1) is 12.2. The Hall–Kier alpha value is -2.25. The van der Waals surface area contributed by atoms with Gasteiger partial charge in [-0.15, -0.1) is 0 Å². The number of benzene rings is 1. The van der Waals surface area contributed by atoms with Gasteiger partial charge >= 0.3 is 0 Å². The number of aromatic nitrogens is 3. The van der Waals surface area contributed by atoms with Crippen molar-refractivity contribution >= 4 is 21.7 Å². The van der Waals surface area contributed by atoms with Gasteiger partial charge < -0.3 is 5.11 Å². The van der Waals surface area contributed by atoms with Crippen LogP contribution in [0.25, 0.3) is 21.5 Å². The molecule has 0 spiro atoms. The Labute approximate surface area is 149 Å². The molecule has 0 amide bonds. The Morgan fingerprint density at radius 3 is 2.88 bits per heavy atom. The fourth-order valence-electron chi connectivity index (χ4n) is 3.54. The molecule has 1 aromatic carbocycles. The van der Waals surface area contributed by atoms with Gasteiger partial charge in [0.05, 0.1) is 6.33 Å². The van der Waals surface area contributed by atoms with Crippen molar-refractivity contribution in [2.45, 2.75) is 32.4 Å². The number of fused-ring (bicyclic) bond motifs is 1. The zero-order valence-electron chi connectivity index (χ0n) is 14.1. The SMILES string of the molecule is CCN1CCCC1Cn1cnc2c(-c3ccc(O)cc3)nsc2c1=O. The van der Waals surface area contributed by atoms with Crippen LogP contribution in [0.4, 0.5) is 0 Å². The average molecular weight is 356 g/mol. The molecule has 2 aromatic heterocycles. The van der Waals surface area contributed by atoms with Gasteiger partial charge in [-0.2, -0.15) is 4.37 Å². The topological polar surface area (TPSA) is 71.2 Å². The van der Waals surface area contributed by atoms with Crippen LogP contribution in [0, 0.1) is 0 Å². The van der Waals surface area contributed by atoms with E-state index in [1.165, 1.54) is 18.0 Å². The Morgan fingerprint density at radius 2 is 2.12 bits per heavy atom. The number of phenols is 1. The molecule has 1 aliphatic rings. The molecule has 0 saturated carbocycles. The number of phenolic OH excluding ortho intramolecular Hbond substituents is 1. The number of hydrogen-bond donors (Lipinski definition) is 1. The maximum absolute atomic E-state index is 12.8. The predicted octanol–water partition coefficient (Wildman–Crippen LogP) is 2.71. The van der Waals surface area contributed by atoms with E-state index in [1.54, 1.807) is 35.2 Å². The van der Waals surface area contributed by atoms with Gasteiger partial charge in [0, 0.05) is 18.2 Å². The molecule has 7 heteroatoms. The summed E-state index contributed by atoms with van der Waals surface area (Å²) in [6, 6.07) is 7.21. The van der Waals surface area contributed by atoms with Crippen molar-refractivity contribution in [1.82, 2.24) is 18.8 Å². The molecule has 4 rings (SSSR count). The minimum Gasteiger partial charge on any atom is -0.508 e. The highest BCUT2D eigenvalue weighted by molar-refractivity contribution is 7.13. The van der Waals surface area contributed by atoms with E-state index in [0.717, 1.165) is 25.1 Å². The van der Waals surface area contributed by atoms with Crippen LogP contribution < -0.4 is 5.56 Å². The minimum atomic E-state index is -0.0181. The molecule has 3 heterocycles. The maximum atomic E-state index is 12.8. The summed E-state index contributed by atoms with van der Waals surface area (Å²) in [7, 11) is 0. The van der Waals surface area contributed by atoms with Gasteiger partial charge in [-0.3, -0.25) is 14.3 Å². The summed E-state index contributed by atoms with van der Waals surface area (Å²) >= 11 is 1.20. The summed E-state index contributed by atoms with van der Waals surface area (Å²) in [5, 5.41) is 9.43. The molecular formula is C18H20N4O2S. The Bertz CT molecular complexity index is 948. The first-order valence-electron chi connectivity index (χ1n) is 8.55. The van der Waals surface area contributed by atoms with Gasteiger partial charge in [0.2, 0.25) is 0 Å². The third kappa shape index (κ3) is 2.94. The Kier molecular flexibility index (Phi) is 4.27. The maximum Gasteiger partial charge on any atom is 0.272 e. The molecule has 1 aliphatic heterocycles. The molecule has 6 nitrogen and oxygen atoms in total. The van der Waals surface area contributed by atoms with Gasteiger partial charge in [-0.1, -0.05) is 6.92 Å².